The molecule has 1 aromatic heterocycles. The van der Waals surface area contributed by atoms with Crippen LogP contribution in [0.1, 0.15) is 28.9 Å². The molecular weight excluding hydrogens is 524 g/mol. The first kappa shape index (κ1) is 25.5. The zero-order valence-corrected chi connectivity index (χ0v) is 23.6. The number of nitrogens with two attached hydrogens (primary N) is 1. The summed E-state index contributed by atoms with van der Waals surface area (Å²) in [4.78, 5) is 0. The summed E-state index contributed by atoms with van der Waals surface area (Å²) in [6, 6.07) is 48.9. The van der Waals surface area contributed by atoms with Crippen LogP contribution >= 0.6 is 0 Å². The summed E-state index contributed by atoms with van der Waals surface area (Å²) in [5, 5.41) is 13.4. The smallest absolute Gasteiger partial charge is 0.135 e. The molecule has 0 radical (unpaired) electrons. The summed E-state index contributed by atoms with van der Waals surface area (Å²) in [6.07, 6.45) is 4.12. The van der Waals surface area contributed by atoms with Crippen LogP contribution in [0.5, 0.6) is 0 Å². The van der Waals surface area contributed by atoms with Gasteiger partial charge in [0.05, 0.1) is 12.2 Å². The fourth-order valence-corrected chi connectivity index (χ4v) is 6.30. The molecular formula is C40H30N2O. The van der Waals surface area contributed by atoms with E-state index in [0.717, 1.165) is 33.1 Å². The molecule has 0 amide bonds. The Kier molecular flexibility index (Phi) is 6.26. The third-order valence-corrected chi connectivity index (χ3v) is 8.52. The SMILES string of the molecule is NC(NC(/C=C/c1cccc2c1ccc1cc3ccccc3cc12)c1ccc2oc3ccccc3c2c1)c1ccccc1. The molecule has 3 nitrogen and oxygen atoms in total. The number of nitrogens with one attached hydrogen (secondary N) is 1. The second-order valence-corrected chi connectivity index (χ2v) is 11.2. The molecule has 0 spiro atoms. The first-order chi connectivity index (χ1) is 21.2. The monoisotopic (exact) mass is 554 g/mol. The van der Waals surface area contributed by atoms with Crippen molar-refractivity contribution < 1.29 is 4.42 Å². The highest BCUT2D eigenvalue weighted by Crippen LogP contribution is 2.34. The van der Waals surface area contributed by atoms with Gasteiger partial charge in [0.15, 0.2) is 0 Å². The van der Waals surface area contributed by atoms with Crippen LogP contribution in [0.3, 0.4) is 0 Å². The fraction of sp³-hybridized carbons (Fsp3) is 0.0500. The number of hydrogen-bond acceptors (Lipinski definition) is 3. The standard InChI is InChI=1S/C40H30N2O/c41-40(27-9-2-1-3-10-27)42-37(31-19-22-39-36(25-31)34-14-6-7-16-38(34)43-39)21-18-26-13-8-15-33-32(26)20-17-30-23-28-11-4-5-12-29(28)24-35(30)33/h1-25,37,40,42H,41H2/b21-18+. The van der Waals surface area contributed by atoms with Gasteiger partial charge in [0.1, 0.15) is 11.2 Å². The third-order valence-electron chi connectivity index (χ3n) is 8.52. The van der Waals surface area contributed by atoms with Gasteiger partial charge in [-0.05, 0) is 79.3 Å². The van der Waals surface area contributed by atoms with E-state index in [2.05, 4.69) is 127 Å². The Bertz CT molecular complexity index is 2300. The van der Waals surface area contributed by atoms with Gasteiger partial charge in [-0.2, -0.15) is 0 Å². The molecule has 1 heterocycles. The molecule has 0 aliphatic heterocycles. The predicted octanol–water partition coefficient (Wildman–Crippen LogP) is 10.0. The molecule has 0 aliphatic rings. The van der Waals surface area contributed by atoms with Crippen LogP contribution in [0, 0.1) is 0 Å². The van der Waals surface area contributed by atoms with Crippen LogP contribution in [0.4, 0.5) is 0 Å². The molecule has 8 aromatic rings. The predicted molar refractivity (Wildman–Crippen MR) is 181 cm³/mol. The van der Waals surface area contributed by atoms with Gasteiger partial charge >= 0.3 is 0 Å². The summed E-state index contributed by atoms with van der Waals surface area (Å²) in [5.74, 6) is 0. The number of furan rings is 1. The first-order valence-electron chi connectivity index (χ1n) is 14.7. The highest BCUT2D eigenvalue weighted by molar-refractivity contribution is 6.13. The fourth-order valence-electron chi connectivity index (χ4n) is 6.30. The molecule has 7 aromatic carbocycles. The van der Waals surface area contributed by atoms with Crippen LogP contribution in [0.15, 0.2) is 150 Å². The second kappa shape index (κ2) is 10.6. The van der Waals surface area contributed by atoms with Gasteiger partial charge in [0.2, 0.25) is 0 Å². The van der Waals surface area contributed by atoms with E-state index in [-0.39, 0.29) is 12.2 Å². The molecule has 0 saturated heterocycles. The normalized spacial score (nSPS) is 13.5. The molecule has 3 N–H and O–H groups in total. The van der Waals surface area contributed by atoms with Crippen molar-refractivity contribution in [3.8, 4) is 0 Å². The lowest BCUT2D eigenvalue weighted by Gasteiger charge is -2.22. The average molecular weight is 555 g/mol. The maximum atomic E-state index is 6.72. The minimum atomic E-state index is -0.336. The number of rotatable bonds is 6. The molecule has 2 unspecified atom stereocenters. The number of para-hydroxylation sites is 1. The topological polar surface area (TPSA) is 51.2 Å². The summed E-state index contributed by atoms with van der Waals surface area (Å²) in [6.45, 7) is 0. The Balaban J connectivity index is 1.23. The number of hydrogen-bond donors (Lipinski definition) is 2. The van der Waals surface area contributed by atoms with Crippen molar-refractivity contribution in [2.45, 2.75) is 12.2 Å². The van der Waals surface area contributed by atoms with Crippen LogP contribution in [0.25, 0.3) is 60.3 Å². The summed E-state index contributed by atoms with van der Waals surface area (Å²) in [7, 11) is 0. The van der Waals surface area contributed by atoms with Gasteiger partial charge in [-0.3, -0.25) is 5.32 Å². The molecule has 206 valence electrons. The van der Waals surface area contributed by atoms with Crippen molar-refractivity contribution in [2.75, 3.05) is 0 Å². The van der Waals surface area contributed by atoms with Crippen molar-refractivity contribution >= 4 is 60.3 Å². The number of benzene rings is 7. The minimum absolute atomic E-state index is 0.132. The van der Waals surface area contributed by atoms with Crippen molar-refractivity contribution in [2.24, 2.45) is 5.73 Å². The Labute approximate surface area is 249 Å². The van der Waals surface area contributed by atoms with Gasteiger partial charge in [-0.15, -0.1) is 0 Å². The van der Waals surface area contributed by atoms with Gasteiger partial charge < -0.3 is 10.2 Å². The van der Waals surface area contributed by atoms with Gasteiger partial charge in [-0.25, -0.2) is 0 Å². The highest BCUT2D eigenvalue weighted by atomic mass is 16.3. The minimum Gasteiger partial charge on any atom is -0.456 e. The lowest BCUT2D eigenvalue weighted by atomic mass is 9.95. The van der Waals surface area contributed by atoms with E-state index < -0.39 is 0 Å². The van der Waals surface area contributed by atoms with E-state index in [1.165, 1.54) is 37.9 Å². The van der Waals surface area contributed by atoms with Crippen molar-refractivity contribution in [1.29, 1.82) is 0 Å². The van der Waals surface area contributed by atoms with E-state index in [4.69, 9.17) is 10.2 Å². The van der Waals surface area contributed by atoms with Gasteiger partial charge in [0.25, 0.3) is 0 Å². The average Bonchev–Trinajstić information content (AvgIpc) is 3.44. The Morgan fingerprint density at radius 1 is 0.512 bits per heavy atom. The lowest BCUT2D eigenvalue weighted by molar-refractivity contribution is 0.509. The van der Waals surface area contributed by atoms with Crippen LogP contribution in [-0.4, -0.2) is 0 Å². The molecule has 0 aliphatic carbocycles. The molecule has 3 heteroatoms. The van der Waals surface area contributed by atoms with Crippen molar-refractivity contribution in [1.82, 2.24) is 5.32 Å². The summed E-state index contributed by atoms with van der Waals surface area (Å²) < 4.78 is 6.11. The van der Waals surface area contributed by atoms with E-state index in [1.54, 1.807) is 0 Å². The second-order valence-electron chi connectivity index (χ2n) is 11.2. The molecule has 43 heavy (non-hydrogen) atoms. The highest BCUT2D eigenvalue weighted by Gasteiger charge is 2.16. The maximum Gasteiger partial charge on any atom is 0.135 e. The first-order valence-corrected chi connectivity index (χ1v) is 14.7. The molecule has 0 fully saturated rings. The van der Waals surface area contributed by atoms with Gasteiger partial charge in [-0.1, -0.05) is 121 Å². The zero-order chi connectivity index (χ0) is 28.8. The van der Waals surface area contributed by atoms with Crippen LogP contribution < -0.4 is 11.1 Å². The Hall–Kier alpha value is -5.22. The number of fused-ring (bicyclic) bond motifs is 7. The van der Waals surface area contributed by atoms with Crippen LogP contribution in [-0.2, 0) is 0 Å². The Morgan fingerprint density at radius 2 is 1.26 bits per heavy atom. The van der Waals surface area contributed by atoms with E-state index in [1.807, 2.05) is 30.3 Å². The molecule has 0 bridgehead atoms. The quantitative estimate of drug-likeness (QED) is 0.122. The maximum absolute atomic E-state index is 6.72. The largest absolute Gasteiger partial charge is 0.456 e. The third kappa shape index (κ3) is 4.65. The summed E-state index contributed by atoms with van der Waals surface area (Å²) in [5.41, 5.74) is 11.8. The molecule has 0 saturated carbocycles. The molecule has 8 rings (SSSR count). The van der Waals surface area contributed by atoms with Crippen LogP contribution in [0.2, 0.25) is 0 Å². The van der Waals surface area contributed by atoms with E-state index >= 15 is 0 Å². The zero-order valence-electron chi connectivity index (χ0n) is 23.6. The summed E-state index contributed by atoms with van der Waals surface area (Å²) >= 11 is 0. The van der Waals surface area contributed by atoms with Crippen molar-refractivity contribution in [3.05, 3.63) is 162 Å². The van der Waals surface area contributed by atoms with E-state index in [0.29, 0.717) is 0 Å². The van der Waals surface area contributed by atoms with Crippen molar-refractivity contribution in [3.63, 3.8) is 0 Å². The van der Waals surface area contributed by atoms with Gasteiger partial charge in [0, 0.05) is 10.8 Å². The Morgan fingerprint density at radius 3 is 2.14 bits per heavy atom. The lowest BCUT2D eigenvalue weighted by Crippen LogP contribution is -2.31. The molecule has 2 atom stereocenters. The van der Waals surface area contributed by atoms with E-state index in [9.17, 15) is 0 Å².